The molecule has 2 aromatic rings. The van der Waals surface area contributed by atoms with Gasteiger partial charge in [-0.25, -0.2) is 4.68 Å². The first-order valence-electron chi connectivity index (χ1n) is 7.05. The summed E-state index contributed by atoms with van der Waals surface area (Å²) in [5.74, 6) is -0.121. The number of alkyl halides is 3. The van der Waals surface area contributed by atoms with Crippen molar-refractivity contribution in [2.75, 3.05) is 18.5 Å². The lowest BCUT2D eigenvalue weighted by atomic mass is 10.1. The molecule has 1 atom stereocenters. The number of nitrogens with one attached hydrogen (secondary N) is 1. The molecule has 8 heteroatoms. The zero-order chi connectivity index (χ0) is 16.4. The molecule has 1 aromatic heterocycles. The van der Waals surface area contributed by atoms with Crippen LogP contribution in [0.15, 0.2) is 36.5 Å². The van der Waals surface area contributed by atoms with Crippen LogP contribution in [0.2, 0.25) is 0 Å². The standard InChI is InChI=1S/C15H14F3N3O2/c16-15(17,18)11-2-1-3-12(8-11)21-6-4-13(20-21)19-14(22)10-5-7-23-9-10/h1-4,6,8,10H,5,7,9H2,(H,19,20,22). The molecule has 5 nitrogen and oxygen atoms in total. The lowest BCUT2D eigenvalue weighted by Gasteiger charge is -2.09. The van der Waals surface area contributed by atoms with E-state index in [1.807, 2.05) is 0 Å². The monoisotopic (exact) mass is 325 g/mol. The molecule has 0 spiro atoms. The fourth-order valence-corrected chi connectivity index (χ4v) is 2.33. The molecular weight excluding hydrogens is 311 g/mol. The second-order valence-electron chi connectivity index (χ2n) is 5.24. The highest BCUT2D eigenvalue weighted by Gasteiger charge is 2.30. The van der Waals surface area contributed by atoms with Crippen molar-refractivity contribution in [3.63, 3.8) is 0 Å². The molecule has 122 valence electrons. The Morgan fingerprint density at radius 2 is 2.17 bits per heavy atom. The van der Waals surface area contributed by atoms with Gasteiger partial charge in [0.1, 0.15) is 0 Å². The first kappa shape index (κ1) is 15.5. The van der Waals surface area contributed by atoms with Crippen molar-refractivity contribution in [3.8, 4) is 5.69 Å². The first-order valence-corrected chi connectivity index (χ1v) is 7.05. The summed E-state index contributed by atoms with van der Waals surface area (Å²) < 4.78 is 44.6. The van der Waals surface area contributed by atoms with Crippen molar-refractivity contribution in [2.45, 2.75) is 12.6 Å². The summed E-state index contributed by atoms with van der Waals surface area (Å²) in [6.45, 7) is 0.928. The minimum absolute atomic E-state index is 0.197. The summed E-state index contributed by atoms with van der Waals surface area (Å²) in [7, 11) is 0. The molecule has 0 bridgehead atoms. The van der Waals surface area contributed by atoms with Crippen molar-refractivity contribution in [2.24, 2.45) is 5.92 Å². The number of halogens is 3. The van der Waals surface area contributed by atoms with Gasteiger partial charge < -0.3 is 10.1 Å². The van der Waals surface area contributed by atoms with Crippen LogP contribution in [0, 0.1) is 5.92 Å². The summed E-state index contributed by atoms with van der Waals surface area (Å²) in [5.41, 5.74) is -0.483. The maximum atomic E-state index is 12.7. The Labute approximate surface area is 130 Å². The van der Waals surface area contributed by atoms with E-state index in [2.05, 4.69) is 10.4 Å². The maximum Gasteiger partial charge on any atom is 0.416 e. The maximum absolute atomic E-state index is 12.7. The van der Waals surface area contributed by atoms with Gasteiger partial charge in [0.2, 0.25) is 5.91 Å². The van der Waals surface area contributed by atoms with E-state index in [9.17, 15) is 18.0 Å². The number of benzene rings is 1. The zero-order valence-corrected chi connectivity index (χ0v) is 12.0. The number of hydrogen-bond donors (Lipinski definition) is 1. The average Bonchev–Trinajstić information content (AvgIpc) is 3.18. The molecule has 23 heavy (non-hydrogen) atoms. The fourth-order valence-electron chi connectivity index (χ4n) is 2.33. The Hall–Kier alpha value is -2.35. The number of aromatic nitrogens is 2. The van der Waals surface area contributed by atoms with Crippen LogP contribution in [0.5, 0.6) is 0 Å². The average molecular weight is 325 g/mol. The van der Waals surface area contributed by atoms with E-state index < -0.39 is 11.7 Å². The lowest BCUT2D eigenvalue weighted by Crippen LogP contribution is -2.23. The van der Waals surface area contributed by atoms with Gasteiger partial charge in [0.25, 0.3) is 0 Å². The Morgan fingerprint density at radius 3 is 2.87 bits per heavy atom. The Balaban J connectivity index is 1.75. The van der Waals surface area contributed by atoms with Gasteiger partial charge in [-0.05, 0) is 24.6 Å². The van der Waals surface area contributed by atoms with E-state index in [1.165, 1.54) is 29.1 Å². The largest absolute Gasteiger partial charge is 0.416 e. The molecule has 1 saturated heterocycles. The van der Waals surface area contributed by atoms with Crippen LogP contribution in [-0.2, 0) is 15.7 Å². The van der Waals surface area contributed by atoms with Crippen LogP contribution in [0.3, 0.4) is 0 Å². The van der Waals surface area contributed by atoms with E-state index in [4.69, 9.17) is 4.74 Å². The van der Waals surface area contributed by atoms with Gasteiger partial charge in [0, 0.05) is 18.9 Å². The van der Waals surface area contributed by atoms with Crippen LogP contribution in [0.1, 0.15) is 12.0 Å². The van der Waals surface area contributed by atoms with Gasteiger partial charge in [-0.1, -0.05) is 6.07 Å². The molecule has 1 aliphatic heterocycles. The summed E-state index contributed by atoms with van der Waals surface area (Å²) in [4.78, 5) is 12.0. The minimum atomic E-state index is -4.41. The summed E-state index contributed by atoms with van der Waals surface area (Å²) in [5, 5.41) is 6.74. The van der Waals surface area contributed by atoms with Crippen molar-refractivity contribution in [3.05, 3.63) is 42.1 Å². The summed E-state index contributed by atoms with van der Waals surface area (Å²) in [6, 6.07) is 6.36. The predicted octanol–water partition coefficient (Wildman–Crippen LogP) is 2.87. The second-order valence-corrected chi connectivity index (χ2v) is 5.24. The van der Waals surface area contributed by atoms with E-state index in [0.29, 0.717) is 25.5 Å². The Bertz CT molecular complexity index is 706. The van der Waals surface area contributed by atoms with E-state index >= 15 is 0 Å². The highest BCUT2D eigenvalue weighted by Crippen LogP contribution is 2.30. The molecule has 2 heterocycles. The van der Waals surface area contributed by atoms with Crippen LogP contribution in [0.4, 0.5) is 19.0 Å². The van der Waals surface area contributed by atoms with Crippen molar-refractivity contribution < 1.29 is 22.7 Å². The second kappa shape index (κ2) is 6.04. The Morgan fingerprint density at radius 1 is 1.35 bits per heavy atom. The van der Waals surface area contributed by atoms with Crippen LogP contribution < -0.4 is 5.32 Å². The van der Waals surface area contributed by atoms with Gasteiger partial charge in [-0.2, -0.15) is 18.3 Å². The van der Waals surface area contributed by atoms with E-state index in [-0.39, 0.29) is 17.5 Å². The number of nitrogens with zero attached hydrogens (tertiary/aromatic N) is 2. The molecule has 3 rings (SSSR count). The van der Waals surface area contributed by atoms with Gasteiger partial charge in [0.05, 0.1) is 23.8 Å². The molecule has 0 aliphatic carbocycles. The Kier molecular flexibility index (Phi) is 4.08. The molecule has 0 radical (unpaired) electrons. The molecular formula is C15H14F3N3O2. The topological polar surface area (TPSA) is 56.2 Å². The number of carbonyl (C=O) groups excluding carboxylic acids is 1. The van der Waals surface area contributed by atoms with E-state index in [0.717, 1.165) is 12.1 Å². The molecule has 1 aliphatic rings. The highest BCUT2D eigenvalue weighted by atomic mass is 19.4. The van der Waals surface area contributed by atoms with Crippen LogP contribution in [-0.4, -0.2) is 28.9 Å². The third-order valence-corrected chi connectivity index (χ3v) is 3.58. The molecule has 1 aromatic carbocycles. The van der Waals surface area contributed by atoms with Crippen LogP contribution >= 0.6 is 0 Å². The molecule has 1 amide bonds. The third kappa shape index (κ3) is 3.53. The molecule has 0 saturated carbocycles. The normalized spacial score (nSPS) is 18.1. The van der Waals surface area contributed by atoms with Crippen molar-refractivity contribution >= 4 is 11.7 Å². The number of anilines is 1. The SMILES string of the molecule is O=C(Nc1ccn(-c2cccc(C(F)(F)F)c2)n1)C1CCOC1. The number of rotatable bonds is 3. The third-order valence-electron chi connectivity index (χ3n) is 3.58. The van der Waals surface area contributed by atoms with Crippen molar-refractivity contribution in [1.82, 2.24) is 9.78 Å². The minimum Gasteiger partial charge on any atom is -0.381 e. The van der Waals surface area contributed by atoms with Gasteiger partial charge in [0.15, 0.2) is 5.82 Å². The summed E-state index contributed by atoms with van der Waals surface area (Å²) in [6.07, 6.45) is -2.26. The molecule has 1 unspecified atom stereocenters. The van der Waals surface area contributed by atoms with Gasteiger partial charge in [-0.15, -0.1) is 0 Å². The number of amides is 1. The fraction of sp³-hybridized carbons (Fsp3) is 0.333. The number of hydrogen-bond acceptors (Lipinski definition) is 3. The van der Waals surface area contributed by atoms with Crippen LogP contribution in [0.25, 0.3) is 5.69 Å². The van der Waals surface area contributed by atoms with Gasteiger partial charge in [-0.3, -0.25) is 4.79 Å². The smallest absolute Gasteiger partial charge is 0.381 e. The number of ether oxygens (including phenoxy) is 1. The summed E-state index contributed by atoms with van der Waals surface area (Å²) >= 11 is 0. The van der Waals surface area contributed by atoms with Gasteiger partial charge >= 0.3 is 6.18 Å². The zero-order valence-electron chi connectivity index (χ0n) is 12.0. The number of carbonyl (C=O) groups is 1. The lowest BCUT2D eigenvalue weighted by molar-refractivity contribution is -0.137. The molecule has 1 fully saturated rings. The predicted molar refractivity (Wildman–Crippen MR) is 76.1 cm³/mol. The van der Waals surface area contributed by atoms with Crippen molar-refractivity contribution in [1.29, 1.82) is 0 Å². The quantitative estimate of drug-likeness (QED) is 0.944. The van der Waals surface area contributed by atoms with E-state index in [1.54, 1.807) is 0 Å². The highest BCUT2D eigenvalue weighted by molar-refractivity contribution is 5.91. The molecule has 1 N–H and O–H groups in total. The first-order chi connectivity index (χ1) is 10.9.